The smallest absolute Gasteiger partial charge is 0.325 e. The summed E-state index contributed by atoms with van der Waals surface area (Å²) in [5.74, 6) is 1.41. The van der Waals surface area contributed by atoms with E-state index < -0.39 is 5.97 Å². The number of allylic oxidation sites excluding steroid dienone is 1. The van der Waals surface area contributed by atoms with Gasteiger partial charge in [0.25, 0.3) is 0 Å². The van der Waals surface area contributed by atoms with Crippen molar-refractivity contribution in [3.8, 4) is 0 Å². The molecule has 3 saturated carbocycles. The highest BCUT2D eigenvalue weighted by Crippen LogP contribution is 2.65. The zero-order valence-corrected chi connectivity index (χ0v) is 20.7. The van der Waals surface area contributed by atoms with Crippen molar-refractivity contribution >= 4 is 11.9 Å². The van der Waals surface area contributed by atoms with Gasteiger partial charge in [-0.2, -0.15) is 0 Å². The molecule has 0 aromatic rings. The van der Waals surface area contributed by atoms with Gasteiger partial charge in [-0.15, -0.1) is 0 Å². The maximum Gasteiger partial charge on any atom is 0.325 e. The number of carbonyl (C=O) groups is 2. The second-order valence-corrected chi connectivity index (χ2v) is 11.4. The molecule has 186 valence electrons. The Hall–Kier alpha value is -1.40. The van der Waals surface area contributed by atoms with Gasteiger partial charge in [0.2, 0.25) is 5.91 Å². The largest absolute Gasteiger partial charge is 0.464 e. The zero-order valence-electron chi connectivity index (χ0n) is 20.7. The summed E-state index contributed by atoms with van der Waals surface area (Å²) in [5, 5.41) is 13.2. The Morgan fingerprint density at radius 3 is 2.73 bits per heavy atom. The lowest BCUT2D eigenvalue weighted by Gasteiger charge is -2.58. The van der Waals surface area contributed by atoms with Crippen molar-refractivity contribution in [2.75, 3.05) is 19.8 Å². The molecular weight excluding hydrogens is 418 g/mol. The Balaban J connectivity index is 1.29. The fourth-order valence-electron chi connectivity index (χ4n) is 7.59. The maximum absolute atomic E-state index is 12.1. The predicted molar refractivity (Wildman–Crippen MR) is 126 cm³/mol. The lowest BCUT2D eigenvalue weighted by molar-refractivity contribution is -0.144. The van der Waals surface area contributed by atoms with E-state index in [1.807, 2.05) is 6.92 Å². The van der Waals surface area contributed by atoms with Gasteiger partial charge in [-0.05, 0) is 86.4 Å². The lowest BCUT2D eigenvalue weighted by atomic mass is 9.47. The average Bonchev–Trinajstić information content (AvgIpc) is 3.11. The molecular formula is C27H43NO5. The van der Waals surface area contributed by atoms with Crippen molar-refractivity contribution in [3.63, 3.8) is 0 Å². The Morgan fingerprint density at radius 1 is 1.12 bits per heavy atom. The number of rotatable bonds is 8. The summed E-state index contributed by atoms with van der Waals surface area (Å²) in [4.78, 5) is 23.8. The summed E-state index contributed by atoms with van der Waals surface area (Å²) >= 11 is 0. The van der Waals surface area contributed by atoms with Crippen LogP contribution in [0.5, 0.6) is 0 Å². The van der Waals surface area contributed by atoms with E-state index in [9.17, 15) is 14.7 Å². The van der Waals surface area contributed by atoms with Crippen LogP contribution in [-0.2, 0) is 19.1 Å². The first kappa shape index (κ1) is 24.7. The van der Waals surface area contributed by atoms with Gasteiger partial charge >= 0.3 is 5.97 Å². The molecule has 4 aliphatic carbocycles. The first-order valence-electron chi connectivity index (χ1n) is 13.2. The Kier molecular flexibility index (Phi) is 7.54. The summed E-state index contributed by atoms with van der Waals surface area (Å²) in [6, 6.07) is 0. The molecule has 6 heteroatoms. The number of carbonyl (C=O) groups excluding carboxylic acids is 2. The first-order chi connectivity index (χ1) is 15.8. The van der Waals surface area contributed by atoms with Crippen LogP contribution in [0.4, 0.5) is 0 Å². The standard InChI is InChI=1S/C27H43NO5/c1-4-5-14-32-25(31)16-28-24(30)17-33-19-10-12-26(2)18(15-19)6-7-20-21-8-9-23(29)27(21,3)13-11-22(20)26/h15,19-23,29H,4-14,16-17H2,1-3H3,(H,28,30)/t19-,20?,21?,22?,23?,26?,27?/m0/s1. The number of nitrogens with one attached hydrogen (secondary N) is 1. The van der Waals surface area contributed by atoms with Crippen LogP contribution in [0, 0.1) is 28.6 Å². The van der Waals surface area contributed by atoms with Crippen LogP contribution in [0.1, 0.15) is 85.0 Å². The van der Waals surface area contributed by atoms with Crippen molar-refractivity contribution < 1.29 is 24.2 Å². The first-order valence-corrected chi connectivity index (χ1v) is 13.2. The van der Waals surface area contributed by atoms with Crippen LogP contribution in [-0.4, -0.2) is 48.9 Å². The summed E-state index contributed by atoms with van der Waals surface area (Å²) < 4.78 is 11.0. The number of fused-ring (bicyclic) bond motifs is 5. The second kappa shape index (κ2) is 10.1. The van der Waals surface area contributed by atoms with E-state index in [1.54, 1.807) is 0 Å². The molecule has 0 heterocycles. The van der Waals surface area contributed by atoms with Gasteiger partial charge in [-0.3, -0.25) is 9.59 Å². The minimum atomic E-state index is -0.400. The fourth-order valence-corrected chi connectivity index (χ4v) is 7.59. The van der Waals surface area contributed by atoms with Crippen molar-refractivity contribution in [1.82, 2.24) is 5.32 Å². The van der Waals surface area contributed by atoms with Gasteiger partial charge < -0.3 is 19.9 Å². The van der Waals surface area contributed by atoms with Gasteiger partial charge in [0.1, 0.15) is 13.2 Å². The molecule has 0 radical (unpaired) electrons. The molecule has 6 nitrogen and oxygen atoms in total. The number of amides is 1. The monoisotopic (exact) mass is 461 g/mol. The molecule has 4 rings (SSSR count). The molecule has 33 heavy (non-hydrogen) atoms. The predicted octanol–water partition coefficient (Wildman–Crippen LogP) is 4.15. The normalized spacial score (nSPS) is 39.6. The van der Waals surface area contributed by atoms with Crippen LogP contribution < -0.4 is 5.32 Å². The zero-order chi connectivity index (χ0) is 23.6. The number of aliphatic hydroxyl groups is 1. The molecule has 0 bridgehead atoms. The highest BCUT2D eigenvalue weighted by molar-refractivity contribution is 5.82. The van der Waals surface area contributed by atoms with Crippen molar-refractivity contribution in [1.29, 1.82) is 0 Å². The van der Waals surface area contributed by atoms with Gasteiger partial charge in [0.05, 0.1) is 18.8 Å². The molecule has 0 aromatic carbocycles. The molecule has 0 saturated heterocycles. The van der Waals surface area contributed by atoms with Crippen LogP contribution in [0.2, 0.25) is 0 Å². The van der Waals surface area contributed by atoms with E-state index in [0.717, 1.165) is 50.9 Å². The topological polar surface area (TPSA) is 84.9 Å². The third-order valence-corrected chi connectivity index (χ3v) is 9.64. The molecule has 0 aliphatic heterocycles. The van der Waals surface area contributed by atoms with Crippen molar-refractivity contribution in [2.24, 2.45) is 28.6 Å². The number of hydrogen-bond donors (Lipinski definition) is 2. The summed E-state index contributed by atoms with van der Waals surface area (Å²) in [6.45, 7) is 7.09. The van der Waals surface area contributed by atoms with Crippen molar-refractivity contribution in [3.05, 3.63) is 11.6 Å². The molecule has 1 amide bonds. The molecule has 6 unspecified atom stereocenters. The number of unbranched alkanes of at least 4 members (excludes halogenated alkanes) is 1. The Morgan fingerprint density at radius 2 is 1.94 bits per heavy atom. The van der Waals surface area contributed by atoms with E-state index in [1.165, 1.54) is 24.8 Å². The highest BCUT2D eigenvalue weighted by Gasteiger charge is 2.58. The van der Waals surface area contributed by atoms with Crippen molar-refractivity contribution in [2.45, 2.75) is 97.2 Å². The van der Waals surface area contributed by atoms with Gasteiger partial charge in [-0.25, -0.2) is 0 Å². The van der Waals surface area contributed by atoms with Gasteiger partial charge in [0, 0.05) is 0 Å². The molecule has 0 aromatic heterocycles. The Bertz CT molecular complexity index is 766. The number of ether oxygens (including phenoxy) is 2. The fraction of sp³-hybridized carbons (Fsp3) is 0.852. The SMILES string of the molecule is CCCCOC(=O)CNC(=O)CO[C@@H]1C=C2CCC3C(CCC4(C)C(O)CCC34)C2(C)CC1. The molecule has 3 fully saturated rings. The summed E-state index contributed by atoms with van der Waals surface area (Å²) in [5.41, 5.74) is 1.86. The second-order valence-electron chi connectivity index (χ2n) is 11.4. The minimum absolute atomic E-state index is 0.0300. The summed E-state index contributed by atoms with van der Waals surface area (Å²) in [7, 11) is 0. The minimum Gasteiger partial charge on any atom is -0.464 e. The lowest BCUT2D eigenvalue weighted by Crippen LogP contribution is -2.51. The van der Waals surface area contributed by atoms with E-state index in [0.29, 0.717) is 18.4 Å². The highest BCUT2D eigenvalue weighted by atomic mass is 16.5. The maximum atomic E-state index is 12.1. The molecule has 0 spiro atoms. The molecule has 2 N–H and O–H groups in total. The van der Waals surface area contributed by atoms with E-state index in [4.69, 9.17) is 9.47 Å². The van der Waals surface area contributed by atoms with E-state index >= 15 is 0 Å². The van der Waals surface area contributed by atoms with Crippen LogP contribution >= 0.6 is 0 Å². The van der Waals surface area contributed by atoms with Crippen LogP contribution in [0.15, 0.2) is 11.6 Å². The average molecular weight is 462 g/mol. The summed E-state index contributed by atoms with van der Waals surface area (Å²) in [6.07, 6.45) is 12.8. The Labute approximate surface area is 198 Å². The van der Waals surface area contributed by atoms with Gasteiger partial charge in [0.15, 0.2) is 0 Å². The number of hydrogen-bond acceptors (Lipinski definition) is 5. The van der Waals surface area contributed by atoms with E-state index in [-0.39, 0.29) is 42.1 Å². The number of esters is 1. The number of aliphatic hydroxyl groups excluding tert-OH is 1. The van der Waals surface area contributed by atoms with E-state index in [2.05, 4.69) is 25.2 Å². The third kappa shape index (κ3) is 4.88. The molecule has 7 atom stereocenters. The quantitative estimate of drug-likeness (QED) is 0.322. The van der Waals surface area contributed by atoms with Crippen LogP contribution in [0.3, 0.4) is 0 Å². The van der Waals surface area contributed by atoms with Crippen LogP contribution in [0.25, 0.3) is 0 Å². The van der Waals surface area contributed by atoms with Gasteiger partial charge in [-0.1, -0.05) is 38.8 Å². The molecule has 4 aliphatic rings. The third-order valence-electron chi connectivity index (χ3n) is 9.64.